The number of benzene rings is 4. The second-order valence-electron chi connectivity index (χ2n) is 17.9. The van der Waals surface area contributed by atoms with Crippen molar-refractivity contribution in [3.8, 4) is 11.5 Å². The van der Waals surface area contributed by atoms with Crippen LogP contribution >= 0.6 is 0 Å². The van der Waals surface area contributed by atoms with Crippen LogP contribution in [-0.4, -0.2) is 37.1 Å². The Bertz CT molecular complexity index is 2250. The Kier molecular flexibility index (Phi) is 10.8. The number of carbonyl (C=O) groups is 2. The number of allylic oxidation sites excluding steroid dienone is 2. The maximum Gasteiger partial charge on any atom is 0.419 e. The van der Waals surface area contributed by atoms with E-state index in [9.17, 15) is 14.7 Å². The number of ether oxygens (including phenoxy) is 3. The molecule has 0 aliphatic carbocycles. The van der Waals surface area contributed by atoms with E-state index < -0.39 is 17.8 Å². The molecule has 2 aliphatic rings. The van der Waals surface area contributed by atoms with E-state index in [2.05, 4.69) is 67.7 Å². The lowest BCUT2D eigenvalue weighted by Gasteiger charge is -2.44. The Morgan fingerprint density at radius 1 is 0.643 bits per heavy atom. The SMILES string of the molecule is C=C(C)c1ccc2c(c1)C(C)(C)c1ccc(OC)cc1N2C(=O)OC(C)(C)C.C=C(C)c1ccc2c(c1C(C)(C)C)C(C)(C)c1ccc(OC)cc1N2C(=O)O. The summed E-state index contributed by atoms with van der Waals surface area (Å²) in [6.45, 7) is 33.0. The van der Waals surface area contributed by atoms with Crippen LogP contribution in [0.1, 0.15) is 122 Å². The highest BCUT2D eigenvalue weighted by Gasteiger charge is 2.44. The third-order valence-electron chi connectivity index (χ3n) is 10.7. The number of anilines is 4. The van der Waals surface area contributed by atoms with Gasteiger partial charge in [0.15, 0.2) is 0 Å². The molecule has 0 radical (unpaired) electrons. The zero-order chi connectivity index (χ0) is 41.9. The van der Waals surface area contributed by atoms with Crippen LogP contribution in [0.4, 0.5) is 32.3 Å². The van der Waals surface area contributed by atoms with E-state index in [1.807, 2.05) is 89.2 Å². The van der Waals surface area contributed by atoms with Crippen LogP contribution in [0.2, 0.25) is 0 Å². The molecule has 6 rings (SSSR count). The molecule has 1 N–H and O–H groups in total. The lowest BCUT2D eigenvalue weighted by molar-refractivity contribution is 0.0597. The molecule has 0 saturated carbocycles. The number of amides is 2. The molecule has 4 aromatic rings. The summed E-state index contributed by atoms with van der Waals surface area (Å²) in [6, 6.07) is 21.6. The maximum absolute atomic E-state index is 13.2. The molecule has 0 saturated heterocycles. The lowest BCUT2D eigenvalue weighted by Crippen LogP contribution is -2.39. The molecule has 0 atom stereocenters. The van der Waals surface area contributed by atoms with Gasteiger partial charge in [-0.25, -0.2) is 19.4 Å². The Labute approximate surface area is 333 Å². The minimum atomic E-state index is -1.01. The molecule has 0 spiro atoms. The Morgan fingerprint density at radius 2 is 1.16 bits per heavy atom. The molecule has 0 unspecified atom stereocenters. The molecule has 0 fully saturated rings. The molecule has 0 aromatic heterocycles. The van der Waals surface area contributed by atoms with Crippen molar-refractivity contribution in [1.82, 2.24) is 0 Å². The highest BCUT2D eigenvalue weighted by atomic mass is 16.6. The smallest absolute Gasteiger partial charge is 0.419 e. The molecule has 4 aromatic carbocycles. The van der Waals surface area contributed by atoms with Crippen LogP contribution in [0, 0.1) is 0 Å². The van der Waals surface area contributed by atoms with Crippen molar-refractivity contribution in [1.29, 1.82) is 0 Å². The van der Waals surface area contributed by atoms with E-state index in [-0.39, 0.29) is 16.2 Å². The average molecular weight is 759 g/mol. The molecule has 2 amide bonds. The quantitative estimate of drug-likeness (QED) is 0.223. The van der Waals surface area contributed by atoms with Gasteiger partial charge in [0.05, 0.1) is 37.0 Å². The zero-order valence-corrected chi connectivity index (χ0v) is 35.6. The van der Waals surface area contributed by atoms with E-state index >= 15 is 0 Å². The first-order valence-electron chi connectivity index (χ1n) is 18.9. The minimum Gasteiger partial charge on any atom is -0.497 e. The first-order valence-corrected chi connectivity index (χ1v) is 18.9. The van der Waals surface area contributed by atoms with E-state index in [1.165, 1.54) is 4.90 Å². The standard InChI is InChI=1S/2C24H29NO3/c1-15(2)16-9-12-20-19(13-16)24(6,7)18-11-10-17(27-8)14-21(18)25(20)22(26)28-23(3,4)5;1-14(2)16-10-12-18-21(20(16)23(3,4)5)24(6,7)17-11-9-15(28-8)13-19(17)25(18)22(26)27/h9-14H,1H2,2-8H3;9-13H,1H2,2-8H3,(H,26,27). The normalized spacial score (nSPS) is 14.8. The Balaban J connectivity index is 0.000000214. The van der Waals surface area contributed by atoms with Gasteiger partial charge in [0.25, 0.3) is 0 Å². The molecular weight excluding hydrogens is 701 g/mol. The van der Waals surface area contributed by atoms with Crippen LogP contribution in [0.25, 0.3) is 11.1 Å². The summed E-state index contributed by atoms with van der Waals surface area (Å²) in [5.41, 5.74) is 10.9. The monoisotopic (exact) mass is 758 g/mol. The number of hydrogen-bond donors (Lipinski definition) is 1. The molecule has 0 bridgehead atoms. The third-order valence-corrected chi connectivity index (χ3v) is 10.7. The Hall–Kier alpha value is -5.50. The Morgan fingerprint density at radius 3 is 1.62 bits per heavy atom. The van der Waals surface area contributed by atoms with E-state index in [0.717, 1.165) is 61.5 Å². The zero-order valence-electron chi connectivity index (χ0n) is 35.6. The van der Waals surface area contributed by atoms with Gasteiger partial charge < -0.3 is 19.3 Å². The molecule has 296 valence electrons. The van der Waals surface area contributed by atoms with Crippen molar-refractivity contribution >= 4 is 46.1 Å². The van der Waals surface area contributed by atoms with E-state index in [1.54, 1.807) is 25.2 Å². The van der Waals surface area contributed by atoms with Gasteiger partial charge in [-0.2, -0.15) is 0 Å². The summed E-state index contributed by atoms with van der Waals surface area (Å²) < 4.78 is 16.5. The molecule has 8 nitrogen and oxygen atoms in total. The van der Waals surface area contributed by atoms with Gasteiger partial charge in [-0.3, -0.25) is 0 Å². The van der Waals surface area contributed by atoms with Crippen molar-refractivity contribution in [2.75, 3.05) is 24.0 Å². The van der Waals surface area contributed by atoms with Gasteiger partial charge in [-0.15, -0.1) is 0 Å². The number of methoxy groups -OCH3 is 2. The molecule has 2 aliphatic heterocycles. The number of fused-ring (bicyclic) bond motifs is 4. The van der Waals surface area contributed by atoms with Crippen molar-refractivity contribution in [2.45, 2.75) is 105 Å². The third kappa shape index (κ3) is 7.41. The number of carboxylic acid groups (broad SMARTS) is 1. The van der Waals surface area contributed by atoms with Crippen LogP contribution in [0.3, 0.4) is 0 Å². The first kappa shape index (κ1) is 41.7. The molecule has 56 heavy (non-hydrogen) atoms. The summed E-state index contributed by atoms with van der Waals surface area (Å²) in [6.07, 6.45) is -1.41. The first-order chi connectivity index (χ1) is 25.9. The largest absolute Gasteiger partial charge is 0.497 e. The van der Waals surface area contributed by atoms with Crippen LogP contribution in [-0.2, 0) is 21.0 Å². The fraction of sp³-hybridized carbons (Fsp3) is 0.375. The van der Waals surface area contributed by atoms with Gasteiger partial charge in [0.1, 0.15) is 17.1 Å². The lowest BCUT2D eigenvalue weighted by atomic mass is 9.66. The van der Waals surface area contributed by atoms with Crippen LogP contribution in [0.5, 0.6) is 11.5 Å². The van der Waals surface area contributed by atoms with Crippen molar-refractivity contribution in [2.24, 2.45) is 0 Å². The van der Waals surface area contributed by atoms with Crippen molar-refractivity contribution in [3.63, 3.8) is 0 Å². The summed E-state index contributed by atoms with van der Waals surface area (Å²) in [7, 11) is 3.21. The maximum atomic E-state index is 13.2. The highest BCUT2D eigenvalue weighted by Crippen LogP contribution is 2.54. The average Bonchev–Trinajstić information content (AvgIpc) is 3.09. The second-order valence-corrected chi connectivity index (χ2v) is 17.9. The van der Waals surface area contributed by atoms with Gasteiger partial charge in [-0.05, 0) is 109 Å². The predicted molar refractivity (Wildman–Crippen MR) is 230 cm³/mol. The van der Waals surface area contributed by atoms with Gasteiger partial charge >= 0.3 is 12.2 Å². The van der Waals surface area contributed by atoms with E-state index in [0.29, 0.717) is 22.9 Å². The fourth-order valence-corrected chi connectivity index (χ4v) is 8.00. The molecule has 8 heteroatoms. The predicted octanol–water partition coefficient (Wildman–Crippen LogP) is 12.9. The summed E-state index contributed by atoms with van der Waals surface area (Å²) in [5.74, 6) is 1.34. The highest BCUT2D eigenvalue weighted by molar-refractivity contribution is 6.02. The number of carbonyl (C=O) groups excluding carboxylic acids is 1. The summed E-state index contributed by atoms with van der Waals surface area (Å²) in [4.78, 5) is 28.6. The summed E-state index contributed by atoms with van der Waals surface area (Å²) >= 11 is 0. The number of nitrogens with zero attached hydrogens (tertiary/aromatic N) is 2. The second kappa shape index (κ2) is 14.5. The van der Waals surface area contributed by atoms with Crippen molar-refractivity contribution < 1.29 is 28.9 Å². The van der Waals surface area contributed by atoms with Gasteiger partial charge in [-0.1, -0.05) is 97.0 Å². The van der Waals surface area contributed by atoms with Gasteiger partial charge in [0.2, 0.25) is 0 Å². The number of hydrogen-bond acceptors (Lipinski definition) is 5. The van der Waals surface area contributed by atoms with Crippen LogP contribution in [0.15, 0.2) is 79.9 Å². The van der Waals surface area contributed by atoms with Crippen molar-refractivity contribution in [3.05, 3.63) is 119 Å². The molecule has 2 heterocycles. The van der Waals surface area contributed by atoms with Gasteiger partial charge in [0, 0.05) is 23.0 Å². The van der Waals surface area contributed by atoms with Crippen LogP contribution < -0.4 is 19.3 Å². The fourth-order valence-electron chi connectivity index (χ4n) is 8.00. The number of rotatable bonds is 4. The van der Waals surface area contributed by atoms with E-state index in [4.69, 9.17) is 14.2 Å². The molecular formula is C48H58N2O6. The topological polar surface area (TPSA) is 88.5 Å². The minimum absolute atomic E-state index is 0.176. The summed E-state index contributed by atoms with van der Waals surface area (Å²) in [5, 5.41) is 10.1.